The molecule has 1 N–H and O–H groups in total. The quantitative estimate of drug-likeness (QED) is 0.628. The number of hydrogen-bond donors (Lipinski definition) is 1. The van der Waals surface area contributed by atoms with Crippen LogP contribution in [0.25, 0.3) is 10.3 Å². The van der Waals surface area contributed by atoms with Crippen molar-refractivity contribution in [1.29, 1.82) is 0 Å². The molecule has 0 atom stereocenters. The van der Waals surface area contributed by atoms with E-state index in [4.69, 9.17) is 0 Å². The second-order valence-electron chi connectivity index (χ2n) is 1.91. The van der Waals surface area contributed by atoms with Gasteiger partial charge in [0.05, 0.1) is 11.2 Å². The highest BCUT2D eigenvalue weighted by atomic mass is 32.1. The zero-order valence-electron chi connectivity index (χ0n) is 5.00. The number of carbonyl (C=O) groups is 1. The molecular formula is C6H4N2OS. The number of rotatable bonds is 1. The Hall–Kier alpha value is -1.16. The summed E-state index contributed by atoms with van der Waals surface area (Å²) < 4.78 is 0. The molecule has 0 radical (unpaired) electrons. The first-order valence-electron chi connectivity index (χ1n) is 2.77. The average molecular weight is 152 g/mol. The first kappa shape index (κ1) is 5.61. The number of fused-ring (bicyclic) bond motifs is 1. The van der Waals surface area contributed by atoms with Gasteiger partial charge < -0.3 is 4.98 Å². The molecular weight excluding hydrogens is 148 g/mol. The molecule has 0 aliphatic rings. The van der Waals surface area contributed by atoms with Gasteiger partial charge in [-0.1, -0.05) is 0 Å². The van der Waals surface area contributed by atoms with Gasteiger partial charge in [-0.3, -0.25) is 4.79 Å². The van der Waals surface area contributed by atoms with Crippen LogP contribution in [0.3, 0.4) is 0 Å². The molecule has 2 aromatic heterocycles. The van der Waals surface area contributed by atoms with Crippen molar-refractivity contribution in [2.24, 2.45) is 0 Å². The molecule has 0 amide bonds. The van der Waals surface area contributed by atoms with E-state index >= 15 is 0 Å². The van der Waals surface area contributed by atoms with Gasteiger partial charge in [-0.2, -0.15) is 0 Å². The molecule has 0 bridgehead atoms. The Labute approximate surface area is 60.7 Å². The number of carbonyl (C=O) groups excluding carboxylic acids is 1. The second kappa shape index (κ2) is 1.91. The van der Waals surface area contributed by atoms with Crippen LogP contribution in [0.5, 0.6) is 0 Å². The average Bonchev–Trinajstić information content (AvgIpc) is 2.42. The van der Waals surface area contributed by atoms with Crippen molar-refractivity contribution in [3.05, 3.63) is 17.3 Å². The molecule has 0 aliphatic carbocycles. The molecule has 3 nitrogen and oxygen atoms in total. The number of hydrogen-bond acceptors (Lipinski definition) is 3. The van der Waals surface area contributed by atoms with Crippen molar-refractivity contribution in [2.75, 3.05) is 0 Å². The summed E-state index contributed by atoms with van der Waals surface area (Å²) in [5, 5.41) is 0. The Bertz CT molecular complexity index is 334. The summed E-state index contributed by atoms with van der Waals surface area (Å²) in [7, 11) is 0. The fourth-order valence-corrected chi connectivity index (χ4v) is 1.51. The maximum absolute atomic E-state index is 10.2. The lowest BCUT2D eigenvalue weighted by Gasteiger charge is -1.73. The highest BCUT2D eigenvalue weighted by Gasteiger charge is 1.99. The summed E-state index contributed by atoms with van der Waals surface area (Å²) >= 11 is 1.50. The Balaban J connectivity index is 2.78. The number of aromatic nitrogens is 2. The lowest BCUT2D eigenvalue weighted by molar-refractivity contribution is 0.112. The van der Waals surface area contributed by atoms with Crippen molar-refractivity contribution in [1.82, 2.24) is 9.97 Å². The van der Waals surface area contributed by atoms with Gasteiger partial charge in [-0.15, -0.1) is 11.3 Å². The molecule has 0 aliphatic heterocycles. The van der Waals surface area contributed by atoms with Gasteiger partial charge in [0.15, 0.2) is 6.29 Å². The van der Waals surface area contributed by atoms with Gasteiger partial charge in [-0.05, 0) is 6.07 Å². The molecule has 0 saturated carbocycles. The first-order chi connectivity index (χ1) is 4.90. The molecule has 0 aromatic carbocycles. The third kappa shape index (κ3) is 0.657. The van der Waals surface area contributed by atoms with Crippen LogP contribution in [0.4, 0.5) is 0 Å². The van der Waals surface area contributed by atoms with Gasteiger partial charge in [-0.25, -0.2) is 4.98 Å². The summed E-state index contributed by atoms with van der Waals surface area (Å²) in [6, 6.07) is 1.73. The van der Waals surface area contributed by atoms with Crippen molar-refractivity contribution >= 4 is 28.0 Å². The lowest BCUT2D eigenvalue weighted by Crippen LogP contribution is -1.73. The summed E-state index contributed by atoms with van der Waals surface area (Å²) in [5.74, 6) is 0. The van der Waals surface area contributed by atoms with Crippen LogP contribution >= 0.6 is 11.3 Å². The molecule has 0 spiro atoms. The fourth-order valence-electron chi connectivity index (χ4n) is 0.829. The van der Waals surface area contributed by atoms with Gasteiger partial charge in [0.1, 0.15) is 10.3 Å². The maximum Gasteiger partial charge on any atom is 0.166 e. The number of nitrogens with one attached hydrogen (secondary N) is 1. The van der Waals surface area contributed by atoms with Crippen LogP contribution < -0.4 is 0 Å². The molecule has 2 aromatic rings. The third-order valence-corrected chi connectivity index (χ3v) is 2.03. The van der Waals surface area contributed by atoms with Crippen LogP contribution in [0.2, 0.25) is 0 Å². The predicted octanol–water partition coefficient (Wildman–Crippen LogP) is 1.44. The minimum Gasteiger partial charge on any atom is -0.343 e. The van der Waals surface area contributed by atoms with E-state index in [0.29, 0.717) is 5.69 Å². The summed E-state index contributed by atoms with van der Waals surface area (Å²) in [6.07, 6.45) is 0.786. The lowest BCUT2D eigenvalue weighted by atomic mass is 10.5. The Morgan fingerprint density at radius 1 is 1.70 bits per heavy atom. The maximum atomic E-state index is 10.2. The van der Waals surface area contributed by atoms with Gasteiger partial charge in [0.2, 0.25) is 0 Å². The number of H-pyrrole nitrogens is 1. The van der Waals surface area contributed by atoms with Crippen LogP contribution in [-0.4, -0.2) is 16.3 Å². The number of nitrogens with zero attached hydrogens (tertiary/aromatic N) is 1. The molecule has 4 heteroatoms. The van der Waals surface area contributed by atoms with Crippen LogP contribution in [0, 0.1) is 0 Å². The highest BCUT2D eigenvalue weighted by molar-refractivity contribution is 7.16. The SMILES string of the molecule is O=Cc1cc2ncsc2[nH]1. The largest absolute Gasteiger partial charge is 0.343 e. The molecule has 2 rings (SSSR count). The van der Waals surface area contributed by atoms with Crippen molar-refractivity contribution in [3.63, 3.8) is 0 Å². The van der Waals surface area contributed by atoms with E-state index in [9.17, 15) is 4.79 Å². The molecule has 50 valence electrons. The first-order valence-corrected chi connectivity index (χ1v) is 3.65. The standard InChI is InChI=1S/C6H4N2OS/c9-2-4-1-5-6(8-4)10-3-7-5/h1-3,8H. The van der Waals surface area contributed by atoms with E-state index in [1.165, 1.54) is 11.3 Å². The van der Waals surface area contributed by atoms with Gasteiger partial charge in [0, 0.05) is 0 Å². The van der Waals surface area contributed by atoms with E-state index in [1.54, 1.807) is 11.6 Å². The van der Waals surface area contributed by atoms with E-state index in [0.717, 1.165) is 16.6 Å². The second-order valence-corrected chi connectivity index (χ2v) is 2.76. The number of aromatic amines is 1. The van der Waals surface area contributed by atoms with Gasteiger partial charge in [0.25, 0.3) is 0 Å². The molecule has 0 saturated heterocycles. The monoisotopic (exact) mass is 152 g/mol. The van der Waals surface area contributed by atoms with E-state index in [1.807, 2.05) is 0 Å². The minimum atomic E-state index is 0.592. The fraction of sp³-hybridized carbons (Fsp3) is 0. The van der Waals surface area contributed by atoms with Crippen LogP contribution in [0.1, 0.15) is 10.5 Å². The van der Waals surface area contributed by atoms with Crippen LogP contribution in [0.15, 0.2) is 11.6 Å². The smallest absolute Gasteiger partial charge is 0.166 e. The molecule has 0 unspecified atom stereocenters. The zero-order chi connectivity index (χ0) is 6.97. The number of aldehydes is 1. The predicted molar refractivity (Wildman–Crippen MR) is 39.4 cm³/mol. The van der Waals surface area contributed by atoms with E-state index in [-0.39, 0.29) is 0 Å². The van der Waals surface area contributed by atoms with Crippen LogP contribution in [-0.2, 0) is 0 Å². The summed E-state index contributed by atoms with van der Waals surface area (Å²) in [5.41, 5.74) is 3.21. The Morgan fingerprint density at radius 2 is 2.60 bits per heavy atom. The normalized spacial score (nSPS) is 10.4. The van der Waals surface area contributed by atoms with E-state index < -0.39 is 0 Å². The zero-order valence-corrected chi connectivity index (χ0v) is 5.81. The number of thiazole rings is 1. The van der Waals surface area contributed by atoms with Crippen molar-refractivity contribution in [2.45, 2.75) is 0 Å². The Kier molecular flexibility index (Phi) is 1.07. The van der Waals surface area contributed by atoms with Crippen molar-refractivity contribution in [3.8, 4) is 0 Å². The summed E-state index contributed by atoms with van der Waals surface area (Å²) in [4.78, 5) is 18.1. The minimum absolute atomic E-state index is 0.592. The van der Waals surface area contributed by atoms with E-state index in [2.05, 4.69) is 9.97 Å². The Morgan fingerprint density at radius 3 is 3.30 bits per heavy atom. The molecule has 2 heterocycles. The van der Waals surface area contributed by atoms with Gasteiger partial charge >= 0.3 is 0 Å². The molecule has 10 heavy (non-hydrogen) atoms. The third-order valence-electron chi connectivity index (χ3n) is 1.27. The highest BCUT2D eigenvalue weighted by Crippen LogP contribution is 2.16. The molecule has 0 fully saturated rings. The van der Waals surface area contributed by atoms with Crippen molar-refractivity contribution < 1.29 is 4.79 Å². The summed E-state index contributed by atoms with van der Waals surface area (Å²) in [6.45, 7) is 0. The topological polar surface area (TPSA) is 45.8 Å².